The topological polar surface area (TPSA) is 83.9 Å². The fourth-order valence-corrected chi connectivity index (χ4v) is 5.79. The largest absolute Gasteiger partial charge is 0.336 e. The highest BCUT2D eigenvalue weighted by Gasteiger charge is 2.43. The first kappa shape index (κ1) is 22.2. The van der Waals surface area contributed by atoms with Crippen LogP contribution in [0.25, 0.3) is 21.5 Å². The number of nitrogens with zero attached hydrogens (tertiary/aromatic N) is 5. The van der Waals surface area contributed by atoms with Crippen LogP contribution in [0.15, 0.2) is 24.5 Å². The van der Waals surface area contributed by atoms with Crippen molar-refractivity contribution < 1.29 is 13.6 Å². The molecule has 3 atom stereocenters. The van der Waals surface area contributed by atoms with Gasteiger partial charge in [-0.3, -0.25) is 14.8 Å². The molecule has 2 aliphatic rings. The maximum atomic E-state index is 13.2. The molecule has 33 heavy (non-hydrogen) atoms. The summed E-state index contributed by atoms with van der Waals surface area (Å²) in [5.74, 6) is 0.0642. The molecule has 0 aliphatic carbocycles. The van der Waals surface area contributed by atoms with Crippen LogP contribution in [0.1, 0.15) is 36.4 Å². The van der Waals surface area contributed by atoms with Crippen molar-refractivity contribution in [2.45, 2.75) is 63.2 Å². The van der Waals surface area contributed by atoms with Crippen LogP contribution in [0, 0.1) is 6.92 Å². The number of carbonyl (C=O) groups excluding carboxylic acids is 1. The van der Waals surface area contributed by atoms with E-state index in [9.17, 15) is 13.6 Å². The quantitative estimate of drug-likeness (QED) is 0.567. The van der Waals surface area contributed by atoms with Crippen LogP contribution in [0.3, 0.4) is 0 Å². The molecule has 1 unspecified atom stereocenters. The summed E-state index contributed by atoms with van der Waals surface area (Å²) in [5.41, 5.74) is 1.47. The van der Waals surface area contributed by atoms with Gasteiger partial charge in [0.2, 0.25) is 5.91 Å². The van der Waals surface area contributed by atoms with E-state index < -0.39 is 19.4 Å². The average molecular weight is 473 g/mol. The van der Waals surface area contributed by atoms with Gasteiger partial charge < -0.3 is 10.2 Å². The molecule has 3 aromatic heterocycles. The number of carbonyl (C=O) groups is 1. The Kier molecular flexibility index (Phi) is 6.29. The minimum atomic E-state index is -0.748. The van der Waals surface area contributed by atoms with E-state index in [1.54, 1.807) is 12.4 Å². The van der Waals surface area contributed by atoms with Crippen LogP contribution < -0.4 is 5.32 Å². The molecule has 0 spiro atoms. The van der Waals surface area contributed by atoms with Crippen molar-refractivity contribution in [2.75, 3.05) is 13.3 Å². The molecule has 5 rings (SSSR count). The van der Waals surface area contributed by atoms with Crippen molar-refractivity contribution in [3.63, 3.8) is 0 Å². The Labute approximate surface area is 194 Å². The Morgan fingerprint density at radius 2 is 1.85 bits per heavy atom. The van der Waals surface area contributed by atoms with Gasteiger partial charge in [0.1, 0.15) is 24.1 Å². The third-order valence-corrected chi connectivity index (χ3v) is 7.46. The predicted octanol–water partition coefficient (Wildman–Crippen LogP) is 3.42. The van der Waals surface area contributed by atoms with Gasteiger partial charge in [-0.05, 0) is 50.1 Å². The lowest BCUT2D eigenvalue weighted by atomic mass is 9.96. The Balaban J connectivity index is 1.29. The Hall–Kier alpha value is -2.59. The van der Waals surface area contributed by atoms with Crippen LogP contribution in [0.5, 0.6) is 0 Å². The van der Waals surface area contributed by atoms with E-state index in [-0.39, 0.29) is 30.5 Å². The zero-order valence-corrected chi connectivity index (χ0v) is 19.2. The zero-order chi connectivity index (χ0) is 22.9. The van der Waals surface area contributed by atoms with Crippen molar-refractivity contribution in [1.29, 1.82) is 0 Å². The Bertz CT molecular complexity index is 1140. The molecule has 2 aliphatic heterocycles. The maximum Gasteiger partial charge on any atom is 0.229 e. The molecule has 5 heterocycles. The molecule has 0 radical (unpaired) electrons. The monoisotopic (exact) mass is 472 g/mol. The lowest BCUT2D eigenvalue weighted by Gasteiger charge is -2.40. The highest BCUT2D eigenvalue weighted by atomic mass is 32.1. The second kappa shape index (κ2) is 9.34. The van der Waals surface area contributed by atoms with Gasteiger partial charge >= 0.3 is 0 Å². The van der Waals surface area contributed by atoms with E-state index >= 15 is 0 Å². The highest BCUT2D eigenvalue weighted by molar-refractivity contribution is 7.14. The molecule has 2 saturated heterocycles. The molecule has 1 amide bonds. The number of nitrogens with one attached hydrogen (secondary N) is 1. The van der Waals surface area contributed by atoms with E-state index in [1.807, 2.05) is 24.0 Å². The third-order valence-electron chi connectivity index (χ3n) is 6.60. The lowest BCUT2D eigenvalue weighted by Crippen LogP contribution is -2.54. The van der Waals surface area contributed by atoms with E-state index in [2.05, 4.69) is 25.5 Å². The molecule has 174 valence electrons. The summed E-state index contributed by atoms with van der Waals surface area (Å²) < 4.78 is 25.8. The predicted molar refractivity (Wildman–Crippen MR) is 122 cm³/mol. The number of alkyl halides is 2. The Morgan fingerprint density at radius 1 is 1.12 bits per heavy atom. The van der Waals surface area contributed by atoms with Gasteiger partial charge in [0.25, 0.3) is 0 Å². The molecular formula is C23H26F2N6OS. The number of fused-ring (bicyclic) bond motifs is 3. The highest BCUT2D eigenvalue weighted by Crippen LogP contribution is 2.36. The minimum absolute atomic E-state index is 0.0525. The molecule has 7 nitrogen and oxygen atoms in total. The van der Waals surface area contributed by atoms with Crippen molar-refractivity contribution in [3.8, 4) is 10.7 Å². The first-order valence-corrected chi connectivity index (χ1v) is 12.1. The number of aryl methyl sites for hydroxylation is 1. The molecule has 0 aromatic carbocycles. The van der Waals surface area contributed by atoms with Crippen LogP contribution in [-0.2, 0) is 11.2 Å². The molecule has 3 aromatic rings. The summed E-state index contributed by atoms with van der Waals surface area (Å²) in [6.07, 6.45) is 7.09. The van der Waals surface area contributed by atoms with Crippen LogP contribution in [0.4, 0.5) is 8.78 Å². The molecule has 0 saturated carbocycles. The molecule has 10 heteroatoms. The average Bonchev–Trinajstić information content (AvgIpc) is 3.37. The summed E-state index contributed by atoms with van der Waals surface area (Å²) in [7, 11) is 0. The fourth-order valence-electron chi connectivity index (χ4n) is 5.13. The summed E-state index contributed by atoms with van der Waals surface area (Å²) in [5, 5.41) is 14.8. The van der Waals surface area contributed by atoms with Gasteiger partial charge in [-0.25, -0.2) is 8.78 Å². The van der Waals surface area contributed by atoms with E-state index in [0.29, 0.717) is 5.69 Å². The maximum absolute atomic E-state index is 13.2. The number of aromatic nitrogens is 4. The number of hydrogen-bond donors (Lipinski definition) is 1. The number of amides is 1. The second-order valence-corrected chi connectivity index (χ2v) is 10.1. The number of halogens is 2. The third kappa shape index (κ3) is 4.59. The molecule has 1 N–H and O–H groups in total. The van der Waals surface area contributed by atoms with Gasteiger partial charge in [-0.15, -0.1) is 10.2 Å². The SMILES string of the molecule is Cc1nnc(-c2cc3cc(CC(=O)N4[C@@H]5CC[C@H]4CC(NC(CF)CF)C5)ncc3cn2)s1. The van der Waals surface area contributed by atoms with Crippen molar-refractivity contribution >= 4 is 28.0 Å². The van der Waals surface area contributed by atoms with E-state index in [4.69, 9.17) is 0 Å². The van der Waals surface area contributed by atoms with Crippen LogP contribution >= 0.6 is 11.3 Å². The van der Waals surface area contributed by atoms with E-state index in [0.717, 1.165) is 52.2 Å². The first-order valence-electron chi connectivity index (χ1n) is 11.3. The summed E-state index contributed by atoms with van der Waals surface area (Å²) in [4.78, 5) is 24.2. The van der Waals surface area contributed by atoms with Gasteiger partial charge in [0, 0.05) is 35.9 Å². The normalized spacial score (nSPS) is 22.4. The van der Waals surface area contributed by atoms with Gasteiger partial charge in [-0.1, -0.05) is 11.3 Å². The molecule has 2 fully saturated rings. The lowest BCUT2D eigenvalue weighted by molar-refractivity contribution is -0.135. The van der Waals surface area contributed by atoms with Gasteiger partial charge in [0.15, 0.2) is 5.01 Å². The number of piperidine rings is 1. The first-order chi connectivity index (χ1) is 16.0. The Morgan fingerprint density at radius 3 is 2.52 bits per heavy atom. The molecular weight excluding hydrogens is 446 g/mol. The van der Waals surface area contributed by atoms with Gasteiger partial charge in [0.05, 0.1) is 18.2 Å². The number of rotatable bonds is 7. The number of hydrogen-bond acceptors (Lipinski definition) is 7. The fraction of sp³-hybridized carbons (Fsp3) is 0.522. The van der Waals surface area contributed by atoms with Crippen LogP contribution in [0.2, 0.25) is 0 Å². The van der Waals surface area contributed by atoms with Gasteiger partial charge in [-0.2, -0.15) is 0 Å². The summed E-state index contributed by atoms with van der Waals surface area (Å²) in [6, 6.07) is 3.43. The minimum Gasteiger partial charge on any atom is -0.336 e. The number of pyridine rings is 2. The molecule has 2 bridgehead atoms. The second-order valence-electron chi connectivity index (χ2n) is 8.92. The van der Waals surface area contributed by atoms with Crippen LogP contribution in [-0.4, -0.2) is 68.5 Å². The smallest absolute Gasteiger partial charge is 0.229 e. The van der Waals surface area contributed by atoms with E-state index in [1.165, 1.54) is 11.3 Å². The summed E-state index contributed by atoms with van der Waals surface area (Å²) >= 11 is 1.49. The van der Waals surface area contributed by atoms with Crippen molar-refractivity contribution in [2.24, 2.45) is 0 Å². The zero-order valence-electron chi connectivity index (χ0n) is 18.4. The summed E-state index contributed by atoms with van der Waals surface area (Å²) in [6.45, 7) is 0.477. The standard InChI is InChI=1S/C23H26F2N6OS/c1-13-29-30-23(33-13)21-5-14-4-16(26-11-15(14)12-27-21)8-22(32)31-19-2-3-20(31)7-17(6-19)28-18(9-24)10-25/h4-5,11-12,17-20,28H,2-3,6-10H2,1H3/t17?,19-,20+. The van der Waals surface area contributed by atoms with Crippen molar-refractivity contribution in [3.05, 3.63) is 35.2 Å². The van der Waals surface area contributed by atoms with Crippen molar-refractivity contribution in [1.82, 2.24) is 30.4 Å².